The number of halogens is 8. The number of carbonyl (C=O) groups excluding carboxylic acids is 1. The van der Waals surface area contributed by atoms with Crippen LogP contribution in [0.25, 0.3) is 27.5 Å². The monoisotopic (exact) mass is 882 g/mol. The molecule has 0 aliphatic heterocycles. The summed E-state index contributed by atoms with van der Waals surface area (Å²) in [7, 11) is -2.43. The van der Waals surface area contributed by atoms with E-state index in [4.69, 9.17) is 16.6 Å². The van der Waals surface area contributed by atoms with Crippen LogP contribution in [0.1, 0.15) is 53.1 Å². The summed E-state index contributed by atoms with van der Waals surface area (Å²) in [6.07, 6.45) is -2.72. The fourth-order valence-corrected chi connectivity index (χ4v) is 8.64. The first-order valence-electron chi connectivity index (χ1n) is 16.7. The summed E-state index contributed by atoms with van der Waals surface area (Å²) in [4.78, 5) is 33.3. The molecule has 3 heterocycles. The number of hydrogen-bond donors (Lipinski definition) is 2. The van der Waals surface area contributed by atoms with E-state index in [0.717, 1.165) is 23.0 Å². The molecule has 2 aliphatic carbocycles. The van der Waals surface area contributed by atoms with Gasteiger partial charge in [0.05, 0.1) is 44.8 Å². The smallest absolute Gasteiger partial charge is 0.293 e. The van der Waals surface area contributed by atoms with Crippen molar-refractivity contribution in [3.8, 4) is 5.69 Å². The standard InChI is InChI=1S/C35H26BrClF6N8O4S/c1-49-29-24(6-5-21(37)27(29)32(47-49)48-56(2,54)55)51-33(45-22-10-15(36)3-4-18(22)34(51)53)23(9-14-7-16(38)11-17(39)8-14)44-25(52)13-50-30-26(28(46-50)31(40)41)19-12-20(19)35(30,42)43/h3-8,10-11,19-20,23,31H,9,12-13H2,1-2H3,(H,44,52)(H,47,48)/t19?,20-,23+/m1/s1. The number of carbonyl (C=O) groups is 1. The molecule has 1 fully saturated rings. The van der Waals surface area contributed by atoms with Crippen LogP contribution in [0.2, 0.25) is 5.02 Å². The van der Waals surface area contributed by atoms with Crippen molar-refractivity contribution in [1.29, 1.82) is 0 Å². The molecular formula is C35H26BrClF6N8O4S. The van der Waals surface area contributed by atoms with Crippen LogP contribution in [0.5, 0.6) is 0 Å². The Balaban J connectivity index is 1.32. The summed E-state index contributed by atoms with van der Waals surface area (Å²) in [5, 5.41) is 10.8. The fraction of sp³-hybridized carbons (Fsp3) is 0.286. The molecule has 3 aromatic carbocycles. The van der Waals surface area contributed by atoms with Gasteiger partial charge in [-0.25, -0.2) is 31.0 Å². The minimum atomic E-state index is -3.88. The van der Waals surface area contributed by atoms with Gasteiger partial charge in [-0.3, -0.25) is 28.2 Å². The Kier molecular flexibility index (Phi) is 9.03. The number of alkyl halides is 4. The Hall–Kier alpha value is -4.95. The number of aromatic nitrogens is 6. The van der Waals surface area contributed by atoms with Gasteiger partial charge in [-0.2, -0.15) is 19.0 Å². The van der Waals surface area contributed by atoms with Gasteiger partial charge in [-0.15, -0.1) is 0 Å². The van der Waals surface area contributed by atoms with Crippen LogP contribution in [0, 0.1) is 17.6 Å². The number of sulfonamides is 1. The van der Waals surface area contributed by atoms with Crippen LogP contribution in [-0.2, 0) is 40.8 Å². The van der Waals surface area contributed by atoms with Gasteiger partial charge < -0.3 is 5.32 Å². The van der Waals surface area contributed by atoms with E-state index in [1.165, 1.54) is 36.0 Å². The molecule has 1 amide bonds. The minimum absolute atomic E-state index is 0.00555. The highest BCUT2D eigenvalue weighted by molar-refractivity contribution is 9.10. The number of aryl methyl sites for hydroxylation is 1. The van der Waals surface area contributed by atoms with Crippen LogP contribution < -0.4 is 15.6 Å². The van der Waals surface area contributed by atoms with Crippen molar-refractivity contribution in [1.82, 2.24) is 34.4 Å². The lowest BCUT2D eigenvalue weighted by Crippen LogP contribution is -2.38. The summed E-state index contributed by atoms with van der Waals surface area (Å²) in [5.41, 5.74) is -2.36. The molecule has 3 aromatic heterocycles. The lowest BCUT2D eigenvalue weighted by atomic mass is 10.0. The molecule has 3 atom stereocenters. The number of benzene rings is 3. The zero-order valence-electron chi connectivity index (χ0n) is 28.8. The average molecular weight is 884 g/mol. The van der Waals surface area contributed by atoms with Gasteiger partial charge in [0.2, 0.25) is 15.9 Å². The van der Waals surface area contributed by atoms with Crippen LogP contribution in [0.15, 0.2) is 57.8 Å². The molecule has 0 radical (unpaired) electrons. The lowest BCUT2D eigenvalue weighted by Gasteiger charge is -2.24. The largest absolute Gasteiger partial charge is 0.344 e. The van der Waals surface area contributed by atoms with Gasteiger partial charge in [0, 0.05) is 35.5 Å². The fourth-order valence-electron chi connectivity index (χ4n) is 7.55. The number of fused-ring (bicyclic) bond motifs is 5. The molecule has 0 spiro atoms. The van der Waals surface area contributed by atoms with Gasteiger partial charge in [-0.1, -0.05) is 27.5 Å². The van der Waals surface area contributed by atoms with Crippen molar-refractivity contribution in [2.45, 2.75) is 43.7 Å². The van der Waals surface area contributed by atoms with Crippen LogP contribution >= 0.6 is 27.5 Å². The number of hydrogen-bond acceptors (Lipinski definition) is 7. The third-order valence-corrected chi connectivity index (χ3v) is 11.1. The molecule has 6 aromatic rings. The molecule has 1 unspecified atom stereocenters. The quantitative estimate of drug-likeness (QED) is 0.144. The first-order valence-corrected chi connectivity index (χ1v) is 19.8. The molecule has 12 nitrogen and oxygen atoms in total. The van der Waals surface area contributed by atoms with Gasteiger partial charge in [0.25, 0.3) is 17.9 Å². The SMILES string of the molecule is Cn1nc(NS(C)(=O)=O)c2c(Cl)ccc(-n3c([C@H](Cc4cc(F)cc(F)c4)NC(=O)Cn4nc(C(F)F)c5c4C(F)(F)[C@@H]4CC54)nc4cc(Br)ccc4c3=O)c21. The van der Waals surface area contributed by atoms with Crippen LogP contribution in [0.3, 0.4) is 0 Å². The molecule has 2 aliphatic rings. The third kappa shape index (κ3) is 6.49. The van der Waals surface area contributed by atoms with E-state index in [-0.39, 0.29) is 61.7 Å². The first-order chi connectivity index (χ1) is 26.3. The summed E-state index contributed by atoms with van der Waals surface area (Å²) in [5.74, 6) is -8.91. The van der Waals surface area contributed by atoms with Crippen molar-refractivity contribution < 1.29 is 39.6 Å². The average Bonchev–Trinajstić information content (AvgIpc) is 3.63. The molecular weight excluding hydrogens is 858 g/mol. The van der Waals surface area contributed by atoms with Gasteiger partial charge in [0.1, 0.15) is 35.4 Å². The predicted octanol–water partition coefficient (Wildman–Crippen LogP) is 6.78. The van der Waals surface area contributed by atoms with Crippen molar-refractivity contribution in [2.24, 2.45) is 13.0 Å². The normalized spacial score (nSPS) is 17.7. The van der Waals surface area contributed by atoms with Gasteiger partial charge in [-0.05, 0) is 60.4 Å². The molecule has 0 saturated heterocycles. The Labute approximate surface area is 325 Å². The highest BCUT2D eigenvalue weighted by Gasteiger charge is 2.67. The Morgan fingerprint density at radius 1 is 1.09 bits per heavy atom. The summed E-state index contributed by atoms with van der Waals surface area (Å²) in [6.45, 7) is -0.963. The van der Waals surface area contributed by atoms with Crippen molar-refractivity contribution in [3.63, 3.8) is 0 Å². The maximum absolute atomic E-state index is 15.4. The predicted molar refractivity (Wildman–Crippen MR) is 196 cm³/mol. The summed E-state index contributed by atoms with van der Waals surface area (Å²) in [6, 6.07) is 8.46. The third-order valence-electron chi connectivity index (χ3n) is 9.77. The van der Waals surface area contributed by atoms with Crippen molar-refractivity contribution in [3.05, 3.63) is 108 Å². The number of nitrogens with one attached hydrogen (secondary N) is 2. The van der Waals surface area contributed by atoms with Crippen molar-refractivity contribution >= 4 is 71.1 Å². The maximum atomic E-state index is 15.4. The Morgan fingerprint density at radius 3 is 2.48 bits per heavy atom. The highest BCUT2D eigenvalue weighted by Crippen LogP contribution is 2.68. The summed E-state index contributed by atoms with van der Waals surface area (Å²) < 4.78 is 118. The Morgan fingerprint density at radius 2 is 1.80 bits per heavy atom. The van der Waals surface area contributed by atoms with E-state index in [2.05, 4.69) is 36.2 Å². The van der Waals surface area contributed by atoms with E-state index in [1.807, 2.05) is 0 Å². The second-order valence-corrected chi connectivity index (χ2v) is 16.8. The number of amides is 1. The van der Waals surface area contributed by atoms with E-state index in [1.54, 1.807) is 6.07 Å². The lowest BCUT2D eigenvalue weighted by molar-refractivity contribution is -0.123. The number of rotatable bonds is 10. The molecule has 292 valence electrons. The summed E-state index contributed by atoms with van der Waals surface area (Å²) >= 11 is 9.91. The maximum Gasteiger partial charge on any atom is 0.293 e. The van der Waals surface area contributed by atoms with E-state index in [0.29, 0.717) is 15.2 Å². The second kappa shape index (κ2) is 13.3. The Bertz CT molecular complexity index is 2810. The highest BCUT2D eigenvalue weighted by atomic mass is 79.9. The van der Waals surface area contributed by atoms with E-state index >= 15 is 8.78 Å². The molecule has 1 saturated carbocycles. The molecule has 2 N–H and O–H groups in total. The van der Waals surface area contributed by atoms with E-state index in [9.17, 15) is 35.6 Å². The first kappa shape index (κ1) is 37.9. The van der Waals surface area contributed by atoms with Crippen LogP contribution in [0.4, 0.5) is 32.2 Å². The molecule has 8 rings (SSSR count). The second-order valence-electron chi connectivity index (χ2n) is 13.7. The van der Waals surface area contributed by atoms with Gasteiger partial charge in [0.15, 0.2) is 5.82 Å². The zero-order valence-corrected chi connectivity index (χ0v) is 32.0. The van der Waals surface area contributed by atoms with Crippen molar-refractivity contribution in [2.75, 3.05) is 11.0 Å². The minimum Gasteiger partial charge on any atom is -0.344 e. The topological polar surface area (TPSA) is 146 Å². The zero-order chi connectivity index (χ0) is 40.2. The molecule has 0 bridgehead atoms. The van der Waals surface area contributed by atoms with Crippen LogP contribution in [-0.4, -0.2) is 49.7 Å². The van der Waals surface area contributed by atoms with Gasteiger partial charge >= 0.3 is 0 Å². The molecule has 21 heteroatoms. The number of anilines is 1. The van der Waals surface area contributed by atoms with E-state index < -0.39 is 87.7 Å². The molecule has 56 heavy (non-hydrogen) atoms. The number of nitrogens with zero attached hydrogens (tertiary/aromatic N) is 6.